The van der Waals surface area contributed by atoms with Crippen LogP contribution in [-0.4, -0.2) is 11.8 Å². The third-order valence-corrected chi connectivity index (χ3v) is 4.17. The molecule has 2 rings (SSSR count). The predicted octanol–water partition coefficient (Wildman–Crippen LogP) is 3.86. The zero-order chi connectivity index (χ0) is 15.2. The van der Waals surface area contributed by atoms with Gasteiger partial charge in [-0.15, -0.1) is 0 Å². The Bertz CT molecular complexity index is 520. The molecular weight excluding hydrogens is 264 g/mol. The average Bonchev–Trinajstić information content (AvgIpc) is 2.94. The molecule has 2 N–H and O–H groups in total. The Morgan fingerprint density at radius 2 is 1.76 bits per heavy atom. The van der Waals surface area contributed by atoms with Crippen LogP contribution in [0.1, 0.15) is 51.0 Å². The second kappa shape index (κ2) is 7.25. The lowest BCUT2D eigenvalue weighted by molar-refractivity contribution is -0.116. The van der Waals surface area contributed by atoms with Crippen LogP contribution in [0, 0.1) is 12.8 Å². The second-order valence-corrected chi connectivity index (χ2v) is 5.90. The molecule has 0 saturated heterocycles. The van der Waals surface area contributed by atoms with Gasteiger partial charge < -0.3 is 10.6 Å². The van der Waals surface area contributed by atoms with Crippen molar-refractivity contribution in [2.75, 3.05) is 10.6 Å². The summed E-state index contributed by atoms with van der Waals surface area (Å²) < 4.78 is 0. The highest BCUT2D eigenvalue weighted by molar-refractivity contribution is 5.95. The monoisotopic (exact) mass is 288 g/mol. The molecule has 2 amide bonds. The van der Waals surface area contributed by atoms with Crippen molar-refractivity contribution in [3.05, 3.63) is 23.8 Å². The van der Waals surface area contributed by atoms with E-state index in [2.05, 4.69) is 10.6 Å². The topological polar surface area (TPSA) is 58.2 Å². The summed E-state index contributed by atoms with van der Waals surface area (Å²) in [7, 11) is 0. The van der Waals surface area contributed by atoms with Crippen molar-refractivity contribution in [3.63, 3.8) is 0 Å². The summed E-state index contributed by atoms with van der Waals surface area (Å²) in [5, 5.41) is 5.73. The molecule has 0 bridgehead atoms. The number of benzene rings is 1. The molecule has 114 valence electrons. The number of amides is 2. The number of anilines is 2. The van der Waals surface area contributed by atoms with E-state index in [0.717, 1.165) is 29.3 Å². The first-order valence-corrected chi connectivity index (χ1v) is 7.73. The highest BCUT2D eigenvalue weighted by Crippen LogP contribution is 2.29. The van der Waals surface area contributed by atoms with Crippen LogP contribution < -0.4 is 10.6 Å². The molecule has 0 aliphatic heterocycles. The van der Waals surface area contributed by atoms with E-state index < -0.39 is 0 Å². The van der Waals surface area contributed by atoms with Crippen LogP contribution in [0.2, 0.25) is 0 Å². The highest BCUT2D eigenvalue weighted by Gasteiger charge is 2.16. The van der Waals surface area contributed by atoms with Crippen molar-refractivity contribution in [1.29, 1.82) is 0 Å². The van der Waals surface area contributed by atoms with Gasteiger partial charge in [-0.1, -0.05) is 31.7 Å². The van der Waals surface area contributed by atoms with Gasteiger partial charge in [-0.25, -0.2) is 0 Å². The van der Waals surface area contributed by atoms with E-state index in [1.807, 2.05) is 25.1 Å². The molecule has 1 saturated carbocycles. The normalized spacial score (nSPS) is 15.0. The molecule has 4 nitrogen and oxygen atoms in total. The summed E-state index contributed by atoms with van der Waals surface area (Å²) in [4.78, 5) is 23.2. The fourth-order valence-corrected chi connectivity index (χ4v) is 2.94. The van der Waals surface area contributed by atoms with Crippen molar-refractivity contribution >= 4 is 23.2 Å². The standard InChI is InChI=1S/C17H24N2O2/c1-12-15(18-13(2)20)8-5-9-16(12)19-17(21)11-10-14-6-3-4-7-14/h5,8-9,14H,3-4,6-7,10-11H2,1-2H3,(H,18,20)(H,19,21). The smallest absolute Gasteiger partial charge is 0.224 e. The summed E-state index contributed by atoms with van der Waals surface area (Å²) >= 11 is 0. The minimum absolute atomic E-state index is 0.0602. The third kappa shape index (κ3) is 4.59. The van der Waals surface area contributed by atoms with Crippen molar-refractivity contribution < 1.29 is 9.59 Å². The van der Waals surface area contributed by atoms with Crippen LogP contribution in [0.5, 0.6) is 0 Å². The maximum absolute atomic E-state index is 12.1. The van der Waals surface area contributed by atoms with Crippen LogP contribution in [0.4, 0.5) is 11.4 Å². The van der Waals surface area contributed by atoms with Crippen LogP contribution in [0.15, 0.2) is 18.2 Å². The Morgan fingerprint density at radius 1 is 1.14 bits per heavy atom. The van der Waals surface area contributed by atoms with E-state index in [1.54, 1.807) is 0 Å². The fourth-order valence-electron chi connectivity index (χ4n) is 2.94. The Balaban J connectivity index is 1.92. The number of carbonyl (C=O) groups excluding carboxylic acids is 2. The Morgan fingerprint density at radius 3 is 2.38 bits per heavy atom. The van der Waals surface area contributed by atoms with E-state index in [-0.39, 0.29) is 11.8 Å². The summed E-state index contributed by atoms with van der Waals surface area (Å²) in [6.07, 6.45) is 6.72. The molecule has 0 heterocycles. The molecule has 0 spiro atoms. The lowest BCUT2D eigenvalue weighted by atomic mass is 10.0. The molecule has 0 aromatic heterocycles. The molecular formula is C17H24N2O2. The lowest BCUT2D eigenvalue weighted by Gasteiger charge is -2.13. The van der Waals surface area contributed by atoms with Crippen molar-refractivity contribution in [2.45, 2.75) is 52.4 Å². The van der Waals surface area contributed by atoms with Gasteiger partial charge >= 0.3 is 0 Å². The van der Waals surface area contributed by atoms with E-state index in [9.17, 15) is 9.59 Å². The first-order chi connectivity index (χ1) is 10.1. The van der Waals surface area contributed by atoms with Gasteiger partial charge in [0.05, 0.1) is 0 Å². The molecule has 0 unspecified atom stereocenters. The Hall–Kier alpha value is -1.84. The summed E-state index contributed by atoms with van der Waals surface area (Å²) in [5.41, 5.74) is 2.41. The third-order valence-electron chi connectivity index (χ3n) is 4.17. The summed E-state index contributed by atoms with van der Waals surface area (Å²) in [6.45, 7) is 3.38. The molecule has 1 aliphatic carbocycles. The summed E-state index contributed by atoms with van der Waals surface area (Å²) in [5.74, 6) is 0.676. The zero-order valence-electron chi connectivity index (χ0n) is 12.9. The van der Waals surface area contributed by atoms with E-state index in [1.165, 1.54) is 32.6 Å². The van der Waals surface area contributed by atoms with Gasteiger partial charge in [0.25, 0.3) is 0 Å². The predicted molar refractivity (Wildman–Crippen MR) is 85.3 cm³/mol. The minimum Gasteiger partial charge on any atom is -0.326 e. The van der Waals surface area contributed by atoms with Gasteiger partial charge in [0.1, 0.15) is 0 Å². The molecule has 1 aliphatic rings. The molecule has 21 heavy (non-hydrogen) atoms. The number of nitrogens with one attached hydrogen (secondary N) is 2. The number of rotatable bonds is 5. The van der Waals surface area contributed by atoms with Gasteiger partial charge in [-0.2, -0.15) is 0 Å². The zero-order valence-corrected chi connectivity index (χ0v) is 12.9. The minimum atomic E-state index is -0.109. The van der Waals surface area contributed by atoms with E-state index in [4.69, 9.17) is 0 Å². The van der Waals surface area contributed by atoms with Crippen LogP contribution in [-0.2, 0) is 9.59 Å². The van der Waals surface area contributed by atoms with Crippen molar-refractivity contribution in [3.8, 4) is 0 Å². The lowest BCUT2D eigenvalue weighted by Crippen LogP contribution is -2.14. The number of carbonyl (C=O) groups is 2. The molecule has 0 radical (unpaired) electrons. The van der Waals surface area contributed by atoms with E-state index in [0.29, 0.717) is 6.42 Å². The molecule has 1 aromatic rings. The Labute approximate surface area is 126 Å². The molecule has 0 atom stereocenters. The maximum atomic E-state index is 12.1. The van der Waals surface area contributed by atoms with E-state index >= 15 is 0 Å². The van der Waals surface area contributed by atoms with Gasteiger partial charge in [0.2, 0.25) is 11.8 Å². The SMILES string of the molecule is CC(=O)Nc1cccc(NC(=O)CCC2CCCC2)c1C. The summed E-state index contributed by atoms with van der Waals surface area (Å²) in [6, 6.07) is 5.55. The fraction of sp³-hybridized carbons (Fsp3) is 0.529. The van der Waals surface area contributed by atoms with Gasteiger partial charge in [-0.05, 0) is 37.0 Å². The maximum Gasteiger partial charge on any atom is 0.224 e. The van der Waals surface area contributed by atoms with Crippen molar-refractivity contribution in [2.24, 2.45) is 5.92 Å². The van der Waals surface area contributed by atoms with Crippen LogP contribution in [0.3, 0.4) is 0 Å². The first-order valence-electron chi connectivity index (χ1n) is 7.73. The quantitative estimate of drug-likeness (QED) is 0.864. The van der Waals surface area contributed by atoms with Gasteiger partial charge in [0.15, 0.2) is 0 Å². The van der Waals surface area contributed by atoms with Crippen LogP contribution in [0.25, 0.3) is 0 Å². The average molecular weight is 288 g/mol. The van der Waals surface area contributed by atoms with Gasteiger partial charge in [0, 0.05) is 24.7 Å². The molecule has 1 aromatic carbocycles. The molecule has 4 heteroatoms. The van der Waals surface area contributed by atoms with Gasteiger partial charge in [-0.3, -0.25) is 9.59 Å². The Kier molecular flexibility index (Phi) is 5.37. The molecule has 1 fully saturated rings. The van der Waals surface area contributed by atoms with Crippen LogP contribution >= 0.6 is 0 Å². The highest BCUT2D eigenvalue weighted by atomic mass is 16.2. The number of hydrogen-bond acceptors (Lipinski definition) is 2. The first kappa shape index (κ1) is 15.5. The largest absolute Gasteiger partial charge is 0.326 e. The number of hydrogen-bond donors (Lipinski definition) is 2. The second-order valence-electron chi connectivity index (χ2n) is 5.90. The van der Waals surface area contributed by atoms with Crippen molar-refractivity contribution in [1.82, 2.24) is 0 Å².